The Morgan fingerprint density at radius 3 is 2.26 bits per heavy atom. The maximum absolute atomic E-state index is 12.4. The Hall–Kier alpha value is -2.85. The van der Waals surface area contributed by atoms with Crippen LogP contribution in [-0.2, 0) is 0 Å². The van der Waals surface area contributed by atoms with E-state index in [9.17, 15) is 9.59 Å². The number of fused-ring (bicyclic) bond motifs is 2. The molecule has 0 radical (unpaired) electrons. The summed E-state index contributed by atoms with van der Waals surface area (Å²) in [6, 6.07) is 8.96. The maximum Gasteiger partial charge on any atom is 0.163 e. The van der Waals surface area contributed by atoms with Crippen molar-refractivity contribution >= 4 is 44.9 Å². The fourth-order valence-corrected chi connectivity index (χ4v) is 3.85. The lowest BCUT2D eigenvalue weighted by Gasteiger charge is -2.11. The average Bonchev–Trinajstić information content (AvgIpc) is 3.14. The normalized spacial score (nSPS) is 11.4. The molecule has 0 aliphatic rings. The monoisotopic (exact) mass is 380 g/mol. The van der Waals surface area contributed by atoms with E-state index in [2.05, 4.69) is 0 Å². The van der Waals surface area contributed by atoms with Crippen LogP contribution in [-0.4, -0.2) is 11.6 Å². The van der Waals surface area contributed by atoms with E-state index in [0.29, 0.717) is 50.0 Å². The van der Waals surface area contributed by atoms with E-state index in [0.717, 1.165) is 10.8 Å². The van der Waals surface area contributed by atoms with Crippen molar-refractivity contribution in [3.8, 4) is 11.3 Å². The van der Waals surface area contributed by atoms with E-state index in [4.69, 9.17) is 20.4 Å². The summed E-state index contributed by atoms with van der Waals surface area (Å²) in [5.74, 6) is 1.62. The van der Waals surface area contributed by atoms with Crippen LogP contribution in [0.2, 0.25) is 5.02 Å². The first-order chi connectivity index (χ1) is 12.8. The highest BCUT2D eigenvalue weighted by atomic mass is 35.5. The van der Waals surface area contributed by atoms with E-state index >= 15 is 0 Å². The molecule has 2 aromatic carbocycles. The molecule has 0 fully saturated rings. The molecule has 0 unspecified atom stereocenters. The van der Waals surface area contributed by atoms with Crippen molar-refractivity contribution in [3.05, 3.63) is 58.0 Å². The van der Waals surface area contributed by atoms with Crippen LogP contribution < -0.4 is 0 Å². The minimum absolute atomic E-state index is 0.0675. The number of carbonyl (C=O) groups is 2. The van der Waals surface area contributed by atoms with Crippen LogP contribution in [0.3, 0.4) is 0 Å². The van der Waals surface area contributed by atoms with E-state index in [1.54, 1.807) is 25.1 Å². The quantitative estimate of drug-likeness (QED) is 0.379. The predicted molar refractivity (Wildman–Crippen MR) is 106 cm³/mol. The predicted octanol–water partition coefficient (Wildman–Crippen LogP) is 6.52. The number of hydrogen-bond acceptors (Lipinski definition) is 4. The van der Waals surface area contributed by atoms with E-state index in [1.165, 1.54) is 13.8 Å². The first-order valence-corrected chi connectivity index (χ1v) is 8.93. The van der Waals surface area contributed by atoms with Crippen LogP contribution in [0.5, 0.6) is 0 Å². The van der Waals surface area contributed by atoms with Gasteiger partial charge in [-0.3, -0.25) is 9.59 Å². The lowest BCUT2D eigenvalue weighted by molar-refractivity contribution is 0.100. The van der Waals surface area contributed by atoms with Crippen LogP contribution in [0.4, 0.5) is 0 Å². The van der Waals surface area contributed by atoms with Crippen molar-refractivity contribution in [1.82, 2.24) is 0 Å². The first kappa shape index (κ1) is 17.6. The molecule has 0 bridgehead atoms. The second kappa shape index (κ2) is 6.10. The summed E-state index contributed by atoms with van der Waals surface area (Å²) in [6.07, 6.45) is 0. The number of halogens is 1. The molecule has 0 amide bonds. The highest BCUT2D eigenvalue weighted by Gasteiger charge is 2.24. The molecule has 2 heterocycles. The van der Waals surface area contributed by atoms with Crippen LogP contribution >= 0.6 is 11.6 Å². The minimum atomic E-state index is -0.0698. The number of hydrogen-bond donors (Lipinski definition) is 0. The van der Waals surface area contributed by atoms with Gasteiger partial charge in [0.1, 0.15) is 22.9 Å². The third-order valence-corrected chi connectivity index (χ3v) is 5.00. The Morgan fingerprint density at radius 2 is 1.63 bits per heavy atom. The van der Waals surface area contributed by atoms with Gasteiger partial charge in [0.25, 0.3) is 0 Å². The third kappa shape index (κ3) is 2.68. The molecule has 0 spiro atoms. The standard InChI is InChI=1S/C22H17ClO4/c1-10-7-18-20(12(3)25)17-8-14(23)5-6-15(17)21(22(18)26-10)19-9-16(11(2)24)13(4)27-19/h5-9H,1-4H3. The fraction of sp³-hybridized carbons (Fsp3) is 0.182. The molecule has 136 valence electrons. The van der Waals surface area contributed by atoms with Gasteiger partial charge in [0, 0.05) is 16.0 Å². The van der Waals surface area contributed by atoms with Crippen molar-refractivity contribution in [3.63, 3.8) is 0 Å². The number of aryl methyl sites for hydroxylation is 2. The van der Waals surface area contributed by atoms with E-state index in [-0.39, 0.29) is 11.6 Å². The second-order valence-corrected chi connectivity index (χ2v) is 7.17. The average molecular weight is 381 g/mol. The summed E-state index contributed by atoms with van der Waals surface area (Å²) in [5, 5.41) is 2.77. The van der Waals surface area contributed by atoms with Gasteiger partial charge >= 0.3 is 0 Å². The van der Waals surface area contributed by atoms with Crippen LogP contribution in [0.25, 0.3) is 33.1 Å². The lowest BCUT2D eigenvalue weighted by Crippen LogP contribution is -1.97. The van der Waals surface area contributed by atoms with Gasteiger partial charge in [-0.1, -0.05) is 17.7 Å². The molecule has 0 aliphatic carbocycles. The molecule has 0 atom stereocenters. The van der Waals surface area contributed by atoms with Gasteiger partial charge in [-0.25, -0.2) is 0 Å². The maximum atomic E-state index is 12.4. The summed E-state index contributed by atoms with van der Waals surface area (Å²) >= 11 is 6.22. The van der Waals surface area contributed by atoms with Gasteiger partial charge in [0.05, 0.1) is 11.1 Å². The third-order valence-electron chi connectivity index (χ3n) is 4.77. The summed E-state index contributed by atoms with van der Waals surface area (Å²) in [4.78, 5) is 24.3. The largest absolute Gasteiger partial charge is 0.461 e. The Balaban J connectivity index is 2.23. The van der Waals surface area contributed by atoms with Crippen LogP contribution in [0.1, 0.15) is 46.1 Å². The summed E-state index contributed by atoms with van der Waals surface area (Å²) in [7, 11) is 0. The van der Waals surface area contributed by atoms with Crippen molar-refractivity contribution in [2.24, 2.45) is 0 Å². The van der Waals surface area contributed by atoms with Crippen molar-refractivity contribution in [2.45, 2.75) is 27.7 Å². The topological polar surface area (TPSA) is 60.4 Å². The van der Waals surface area contributed by atoms with Crippen molar-refractivity contribution in [2.75, 3.05) is 0 Å². The molecular weight excluding hydrogens is 364 g/mol. The number of benzene rings is 2. The second-order valence-electron chi connectivity index (χ2n) is 6.73. The zero-order chi connectivity index (χ0) is 19.5. The summed E-state index contributed by atoms with van der Waals surface area (Å²) in [6.45, 7) is 6.63. The lowest BCUT2D eigenvalue weighted by atomic mass is 9.92. The number of furan rings is 2. The molecule has 4 nitrogen and oxygen atoms in total. The van der Waals surface area contributed by atoms with Gasteiger partial charge in [-0.15, -0.1) is 0 Å². The Kier molecular flexibility index (Phi) is 3.97. The Morgan fingerprint density at radius 1 is 0.889 bits per heavy atom. The smallest absolute Gasteiger partial charge is 0.163 e. The van der Waals surface area contributed by atoms with Gasteiger partial charge in [-0.2, -0.15) is 0 Å². The highest BCUT2D eigenvalue weighted by Crippen LogP contribution is 2.42. The number of carbonyl (C=O) groups excluding carboxylic acids is 2. The molecule has 4 aromatic rings. The molecule has 0 saturated carbocycles. The number of ketones is 2. The highest BCUT2D eigenvalue weighted by molar-refractivity contribution is 6.32. The van der Waals surface area contributed by atoms with Crippen LogP contribution in [0, 0.1) is 13.8 Å². The molecule has 4 rings (SSSR count). The molecule has 5 heteroatoms. The van der Waals surface area contributed by atoms with Crippen molar-refractivity contribution < 1.29 is 18.4 Å². The first-order valence-electron chi connectivity index (χ1n) is 8.56. The molecule has 2 aromatic heterocycles. The fourth-order valence-electron chi connectivity index (χ4n) is 3.67. The molecular formula is C22H17ClO4. The Labute approximate surface area is 160 Å². The van der Waals surface area contributed by atoms with E-state index < -0.39 is 0 Å². The number of rotatable bonds is 3. The molecule has 27 heavy (non-hydrogen) atoms. The van der Waals surface area contributed by atoms with Gasteiger partial charge in [0.15, 0.2) is 11.6 Å². The minimum Gasteiger partial charge on any atom is -0.461 e. The van der Waals surface area contributed by atoms with Crippen LogP contribution in [0.15, 0.2) is 39.2 Å². The van der Waals surface area contributed by atoms with E-state index in [1.807, 2.05) is 19.1 Å². The molecule has 0 saturated heterocycles. The Bertz CT molecular complexity index is 1260. The van der Waals surface area contributed by atoms with Gasteiger partial charge < -0.3 is 8.83 Å². The zero-order valence-electron chi connectivity index (χ0n) is 15.4. The molecule has 0 aliphatic heterocycles. The summed E-state index contributed by atoms with van der Waals surface area (Å²) < 4.78 is 11.9. The van der Waals surface area contributed by atoms with Crippen molar-refractivity contribution in [1.29, 1.82) is 0 Å². The molecule has 0 N–H and O–H groups in total. The SMILES string of the molecule is CC(=O)c1cc(-c2c3ccc(Cl)cc3c(C(C)=O)c3cc(C)oc23)oc1C. The van der Waals surface area contributed by atoms with Gasteiger partial charge in [0.2, 0.25) is 0 Å². The number of Topliss-reactive ketones (excluding diaryl/α,β-unsaturated/α-hetero) is 2. The summed E-state index contributed by atoms with van der Waals surface area (Å²) in [5.41, 5.74) is 2.37. The zero-order valence-corrected chi connectivity index (χ0v) is 16.2. The van der Waals surface area contributed by atoms with Gasteiger partial charge in [-0.05, 0) is 62.7 Å².